The van der Waals surface area contributed by atoms with E-state index in [0.29, 0.717) is 6.10 Å². The fraction of sp³-hybridized carbons (Fsp3) is 0.538. The molecular formula is C13H20ClNO. The molecule has 1 aliphatic rings. The summed E-state index contributed by atoms with van der Waals surface area (Å²) < 4.78 is 6.03. The average Bonchev–Trinajstić information content (AvgIpc) is 2.25. The van der Waals surface area contributed by atoms with Crippen LogP contribution in [0, 0.1) is 13.8 Å². The molecule has 0 unspecified atom stereocenters. The Balaban J connectivity index is 0.00000128. The highest BCUT2D eigenvalue weighted by Crippen LogP contribution is 2.22. The van der Waals surface area contributed by atoms with Crippen molar-refractivity contribution in [1.29, 1.82) is 0 Å². The predicted molar refractivity (Wildman–Crippen MR) is 69.7 cm³/mol. The number of piperidine rings is 1. The molecule has 16 heavy (non-hydrogen) atoms. The van der Waals surface area contributed by atoms with Crippen LogP contribution in [0.3, 0.4) is 0 Å². The molecule has 1 aromatic rings. The van der Waals surface area contributed by atoms with Gasteiger partial charge in [0.25, 0.3) is 0 Å². The molecule has 0 bridgehead atoms. The summed E-state index contributed by atoms with van der Waals surface area (Å²) >= 11 is 0. The Bertz CT molecular complexity index is 335. The van der Waals surface area contributed by atoms with Crippen LogP contribution in [0.4, 0.5) is 0 Å². The number of benzene rings is 1. The first kappa shape index (κ1) is 13.3. The Labute approximate surface area is 104 Å². The van der Waals surface area contributed by atoms with Crippen molar-refractivity contribution in [3.63, 3.8) is 0 Å². The van der Waals surface area contributed by atoms with Gasteiger partial charge in [-0.2, -0.15) is 0 Å². The van der Waals surface area contributed by atoms with Crippen LogP contribution in [-0.4, -0.2) is 19.2 Å². The minimum atomic E-state index is 0. The lowest BCUT2D eigenvalue weighted by Gasteiger charge is -2.24. The molecule has 0 amide bonds. The Kier molecular flexibility index (Phi) is 5.10. The van der Waals surface area contributed by atoms with Gasteiger partial charge in [0, 0.05) is 0 Å². The summed E-state index contributed by atoms with van der Waals surface area (Å²) in [6.07, 6.45) is 2.63. The van der Waals surface area contributed by atoms with Crippen LogP contribution in [0.15, 0.2) is 18.2 Å². The molecule has 0 spiro atoms. The Morgan fingerprint density at radius 2 is 1.88 bits per heavy atom. The van der Waals surface area contributed by atoms with Crippen LogP contribution in [0.5, 0.6) is 5.75 Å². The number of aryl methyl sites for hydroxylation is 2. The van der Waals surface area contributed by atoms with Gasteiger partial charge in [-0.15, -0.1) is 12.4 Å². The Hall–Kier alpha value is -0.730. The molecule has 2 nitrogen and oxygen atoms in total. The topological polar surface area (TPSA) is 21.3 Å². The van der Waals surface area contributed by atoms with Crippen molar-refractivity contribution < 1.29 is 4.74 Å². The maximum absolute atomic E-state index is 6.03. The minimum Gasteiger partial charge on any atom is -0.490 e. The lowest BCUT2D eigenvalue weighted by molar-refractivity contribution is 0.161. The van der Waals surface area contributed by atoms with Crippen LogP contribution >= 0.6 is 12.4 Å². The minimum absolute atomic E-state index is 0. The second kappa shape index (κ2) is 6.12. The van der Waals surface area contributed by atoms with E-state index >= 15 is 0 Å². The van der Waals surface area contributed by atoms with E-state index in [1.54, 1.807) is 0 Å². The first-order valence-corrected chi connectivity index (χ1v) is 5.70. The summed E-state index contributed by atoms with van der Waals surface area (Å²) in [5, 5.41) is 3.35. The number of rotatable bonds is 2. The molecule has 90 valence electrons. The number of halogens is 1. The molecule has 2 rings (SSSR count). The van der Waals surface area contributed by atoms with E-state index < -0.39 is 0 Å². The van der Waals surface area contributed by atoms with Crippen molar-refractivity contribution in [2.45, 2.75) is 32.8 Å². The summed E-state index contributed by atoms with van der Waals surface area (Å²) in [6.45, 7) is 6.37. The molecule has 0 radical (unpaired) electrons. The normalized spacial score (nSPS) is 16.6. The molecule has 1 aliphatic heterocycles. The van der Waals surface area contributed by atoms with Crippen LogP contribution in [-0.2, 0) is 0 Å². The number of ether oxygens (including phenoxy) is 1. The van der Waals surface area contributed by atoms with E-state index in [0.717, 1.165) is 31.7 Å². The predicted octanol–water partition coefficient (Wildman–Crippen LogP) is 2.86. The largest absolute Gasteiger partial charge is 0.490 e. The molecular weight excluding hydrogens is 222 g/mol. The van der Waals surface area contributed by atoms with E-state index in [9.17, 15) is 0 Å². The lowest BCUT2D eigenvalue weighted by atomic mass is 10.1. The van der Waals surface area contributed by atoms with Gasteiger partial charge in [-0.1, -0.05) is 12.1 Å². The van der Waals surface area contributed by atoms with Gasteiger partial charge in [0.1, 0.15) is 11.9 Å². The van der Waals surface area contributed by atoms with Crippen LogP contribution in [0.1, 0.15) is 24.0 Å². The maximum atomic E-state index is 6.03. The summed E-state index contributed by atoms with van der Waals surface area (Å²) in [4.78, 5) is 0. The average molecular weight is 242 g/mol. The molecule has 1 N–H and O–H groups in total. The monoisotopic (exact) mass is 241 g/mol. The summed E-state index contributed by atoms with van der Waals surface area (Å²) in [7, 11) is 0. The van der Waals surface area contributed by atoms with E-state index in [1.807, 2.05) is 0 Å². The molecule has 0 aliphatic carbocycles. The highest BCUT2D eigenvalue weighted by molar-refractivity contribution is 5.85. The number of nitrogens with one attached hydrogen (secondary N) is 1. The zero-order valence-electron chi connectivity index (χ0n) is 9.95. The summed E-state index contributed by atoms with van der Waals surface area (Å²) in [5.41, 5.74) is 2.50. The zero-order valence-corrected chi connectivity index (χ0v) is 10.8. The Morgan fingerprint density at radius 3 is 2.56 bits per heavy atom. The SMILES string of the molecule is Cc1ccc(C)c(OC2CCNCC2)c1.Cl. The van der Waals surface area contributed by atoms with Crippen molar-refractivity contribution >= 4 is 12.4 Å². The smallest absolute Gasteiger partial charge is 0.122 e. The van der Waals surface area contributed by atoms with E-state index in [4.69, 9.17) is 4.74 Å². The van der Waals surface area contributed by atoms with Crippen molar-refractivity contribution in [3.8, 4) is 5.75 Å². The highest BCUT2D eigenvalue weighted by Gasteiger charge is 2.15. The highest BCUT2D eigenvalue weighted by atomic mass is 35.5. The fourth-order valence-electron chi connectivity index (χ4n) is 1.93. The van der Waals surface area contributed by atoms with Crippen LogP contribution < -0.4 is 10.1 Å². The number of hydrogen-bond donors (Lipinski definition) is 1. The van der Waals surface area contributed by atoms with Gasteiger partial charge in [0.05, 0.1) is 0 Å². The first-order valence-electron chi connectivity index (χ1n) is 5.70. The van der Waals surface area contributed by atoms with Crippen molar-refractivity contribution in [3.05, 3.63) is 29.3 Å². The summed E-state index contributed by atoms with van der Waals surface area (Å²) in [5.74, 6) is 1.06. The molecule has 3 heteroatoms. The molecule has 1 aromatic carbocycles. The molecule has 0 aromatic heterocycles. The fourth-order valence-corrected chi connectivity index (χ4v) is 1.93. The van der Waals surface area contributed by atoms with Crippen molar-refractivity contribution in [2.24, 2.45) is 0 Å². The van der Waals surface area contributed by atoms with E-state index in [-0.39, 0.29) is 12.4 Å². The third kappa shape index (κ3) is 3.39. The van der Waals surface area contributed by atoms with Crippen LogP contribution in [0.2, 0.25) is 0 Å². The van der Waals surface area contributed by atoms with Crippen LogP contribution in [0.25, 0.3) is 0 Å². The van der Waals surface area contributed by atoms with Gasteiger partial charge in [0.2, 0.25) is 0 Å². The molecule has 1 fully saturated rings. The third-order valence-corrected chi connectivity index (χ3v) is 2.92. The van der Waals surface area contributed by atoms with Gasteiger partial charge in [-0.25, -0.2) is 0 Å². The molecule has 1 saturated heterocycles. The molecule has 0 atom stereocenters. The third-order valence-electron chi connectivity index (χ3n) is 2.92. The molecule has 0 saturated carbocycles. The van der Waals surface area contributed by atoms with E-state index in [2.05, 4.69) is 37.4 Å². The molecule has 1 heterocycles. The lowest BCUT2D eigenvalue weighted by Crippen LogP contribution is -2.34. The standard InChI is InChI=1S/C13H19NO.ClH/c1-10-3-4-11(2)13(9-10)15-12-5-7-14-8-6-12;/h3-4,9,12,14H,5-8H2,1-2H3;1H. The van der Waals surface area contributed by atoms with E-state index in [1.165, 1.54) is 11.1 Å². The van der Waals surface area contributed by atoms with Gasteiger partial charge in [-0.3, -0.25) is 0 Å². The second-order valence-corrected chi connectivity index (χ2v) is 4.34. The first-order chi connectivity index (χ1) is 7.25. The second-order valence-electron chi connectivity index (χ2n) is 4.34. The maximum Gasteiger partial charge on any atom is 0.122 e. The summed E-state index contributed by atoms with van der Waals surface area (Å²) in [6, 6.07) is 6.40. The van der Waals surface area contributed by atoms with Gasteiger partial charge >= 0.3 is 0 Å². The van der Waals surface area contributed by atoms with Crippen molar-refractivity contribution in [2.75, 3.05) is 13.1 Å². The Morgan fingerprint density at radius 1 is 1.19 bits per heavy atom. The quantitative estimate of drug-likeness (QED) is 0.860. The van der Waals surface area contributed by atoms with Crippen molar-refractivity contribution in [1.82, 2.24) is 5.32 Å². The van der Waals surface area contributed by atoms with Gasteiger partial charge in [-0.05, 0) is 57.0 Å². The van der Waals surface area contributed by atoms with Gasteiger partial charge < -0.3 is 10.1 Å². The zero-order chi connectivity index (χ0) is 10.7. The number of hydrogen-bond acceptors (Lipinski definition) is 2. The van der Waals surface area contributed by atoms with Gasteiger partial charge in [0.15, 0.2) is 0 Å².